The first kappa shape index (κ1) is 14.0. The number of nitrogens with one attached hydrogen (secondary N) is 1. The number of halogens is 2. The molecule has 1 nitrogen and oxygen atoms in total. The van der Waals surface area contributed by atoms with E-state index >= 15 is 0 Å². The largest absolute Gasteiger partial charge is 0.313 e. The van der Waals surface area contributed by atoms with Gasteiger partial charge in [-0.1, -0.05) is 41.9 Å². The van der Waals surface area contributed by atoms with E-state index in [0.717, 1.165) is 12.0 Å². The molecular formula is C16H17ClFN. The lowest BCUT2D eigenvalue weighted by Gasteiger charge is -2.19. The maximum atomic E-state index is 13.5. The maximum Gasteiger partial charge on any atom is 0.142 e. The smallest absolute Gasteiger partial charge is 0.142 e. The minimum atomic E-state index is -0.362. The van der Waals surface area contributed by atoms with E-state index in [9.17, 15) is 4.39 Å². The molecule has 19 heavy (non-hydrogen) atoms. The predicted octanol–water partition coefficient (Wildman–Crippen LogP) is 4.29. The quantitative estimate of drug-likeness (QED) is 0.879. The Bertz CT molecular complexity index is 568. The third kappa shape index (κ3) is 3.34. The number of hydrogen-bond donors (Lipinski definition) is 1. The predicted molar refractivity (Wildman–Crippen MR) is 78.1 cm³/mol. The lowest BCUT2D eigenvalue weighted by Crippen LogP contribution is -2.19. The van der Waals surface area contributed by atoms with Crippen molar-refractivity contribution in [3.63, 3.8) is 0 Å². The molecule has 0 aliphatic carbocycles. The highest BCUT2D eigenvalue weighted by Crippen LogP contribution is 2.23. The zero-order chi connectivity index (χ0) is 13.8. The molecule has 1 unspecified atom stereocenters. The first-order chi connectivity index (χ1) is 9.11. The minimum Gasteiger partial charge on any atom is -0.313 e. The van der Waals surface area contributed by atoms with Gasteiger partial charge in [0.15, 0.2) is 0 Å². The van der Waals surface area contributed by atoms with E-state index < -0.39 is 0 Å². The first-order valence-electron chi connectivity index (χ1n) is 6.28. The molecule has 0 radical (unpaired) electrons. The molecule has 0 aliphatic heterocycles. The third-order valence-corrected chi connectivity index (χ3v) is 3.64. The summed E-state index contributed by atoms with van der Waals surface area (Å²) in [5.74, 6) is -0.362. The van der Waals surface area contributed by atoms with Gasteiger partial charge in [0.1, 0.15) is 5.82 Å². The Labute approximate surface area is 118 Å². The molecule has 2 aromatic carbocycles. The molecule has 2 aromatic rings. The fourth-order valence-corrected chi connectivity index (χ4v) is 2.37. The monoisotopic (exact) mass is 277 g/mol. The van der Waals surface area contributed by atoms with Crippen molar-refractivity contribution >= 4 is 11.6 Å². The van der Waals surface area contributed by atoms with Crippen molar-refractivity contribution in [2.24, 2.45) is 0 Å². The molecule has 0 saturated carbocycles. The van der Waals surface area contributed by atoms with Crippen LogP contribution in [0.15, 0.2) is 42.5 Å². The van der Waals surface area contributed by atoms with Gasteiger partial charge < -0.3 is 5.32 Å². The molecule has 0 saturated heterocycles. The molecule has 100 valence electrons. The van der Waals surface area contributed by atoms with E-state index in [1.54, 1.807) is 6.07 Å². The van der Waals surface area contributed by atoms with Crippen LogP contribution in [0.1, 0.15) is 22.7 Å². The number of benzene rings is 2. The summed E-state index contributed by atoms with van der Waals surface area (Å²) in [6.07, 6.45) is 0.732. The highest BCUT2D eigenvalue weighted by Gasteiger charge is 2.13. The van der Waals surface area contributed by atoms with Crippen LogP contribution in [0.4, 0.5) is 4.39 Å². The Morgan fingerprint density at radius 2 is 1.95 bits per heavy atom. The highest BCUT2D eigenvalue weighted by atomic mass is 35.5. The molecule has 0 aromatic heterocycles. The third-order valence-electron chi connectivity index (χ3n) is 3.34. The second-order valence-corrected chi connectivity index (χ2v) is 5.06. The Kier molecular flexibility index (Phi) is 4.56. The van der Waals surface area contributed by atoms with Gasteiger partial charge in [-0.15, -0.1) is 0 Å². The number of likely N-dealkylation sites (N-methyl/N-ethyl adjacent to an activating group) is 1. The number of rotatable bonds is 4. The van der Waals surface area contributed by atoms with Crippen molar-refractivity contribution in [1.82, 2.24) is 5.32 Å². The second-order valence-electron chi connectivity index (χ2n) is 4.65. The summed E-state index contributed by atoms with van der Waals surface area (Å²) < 4.78 is 13.5. The molecule has 0 aliphatic rings. The van der Waals surface area contributed by atoms with Crippen LogP contribution in [0, 0.1) is 12.7 Å². The first-order valence-corrected chi connectivity index (χ1v) is 6.66. The Hall–Kier alpha value is -1.38. The van der Waals surface area contributed by atoms with Crippen LogP contribution in [-0.2, 0) is 6.42 Å². The zero-order valence-corrected chi connectivity index (χ0v) is 11.8. The lowest BCUT2D eigenvalue weighted by molar-refractivity contribution is 0.582. The van der Waals surface area contributed by atoms with Crippen molar-refractivity contribution in [3.8, 4) is 0 Å². The molecular weight excluding hydrogens is 261 g/mol. The number of aryl methyl sites for hydroxylation is 1. The summed E-state index contributed by atoms with van der Waals surface area (Å²) in [5.41, 5.74) is 3.40. The van der Waals surface area contributed by atoms with E-state index in [-0.39, 0.29) is 16.9 Å². The van der Waals surface area contributed by atoms with E-state index in [2.05, 4.69) is 24.4 Å². The van der Waals surface area contributed by atoms with Crippen LogP contribution in [0.25, 0.3) is 0 Å². The number of hydrogen-bond acceptors (Lipinski definition) is 1. The van der Waals surface area contributed by atoms with Gasteiger partial charge in [-0.2, -0.15) is 0 Å². The summed E-state index contributed by atoms with van der Waals surface area (Å²) in [7, 11) is 1.92. The summed E-state index contributed by atoms with van der Waals surface area (Å²) in [5, 5.41) is 3.45. The SMILES string of the molecule is CNC(Cc1ccc(Cl)c(F)c1)c1ccccc1C. The van der Waals surface area contributed by atoms with Gasteiger partial charge in [-0.3, -0.25) is 0 Å². The molecule has 0 amide bonds. The van der Waals surface area contributed by atoms with Gasteiger partial charge in [0.05, 0.1) is 5.02 Å². The Balaban J connectivity index is 2.24. The standard InChI is InChI=1S/C16H17ClFN/c1-11-5-3-4-6-13(11)16(19-2)10-12-7-8-14(17)15(18)9-12/h3-9,16,19H,10H2,1-2H3. The average Bonchev–Trinajstić information content (AvgIpc) is 2.41. The van der Waals surface area contributed by atoms with Gasteiger partial charge in [0, 0.05) is 6.04 Å². The van der Waals surface area contributed by atoms with Gasteiger partial charge in [0.2, 0.25) is 0 Å². The summed E-state index contributed by atoms with van der Waals surface area (Å²) >= 11 is 5.70. The summed E-state index contributed by atoms with van der Waals surface area (Å²) in [6.45, 7) is 2.09. The van der Waals surface area contributed by atoms with E-state index in [1.165, 1.54) is 17.2 Å². The van der Waals surface area contributed by atoms with Gasteiger partial charge in [-0.05, 0) is 49.2 Å². The molecule has 0 spiro atoms. The molecule has 0 bridgehead atoms. The van der Waals surface area contributed by atoms with Crippen LogP contribution in [-0.4, -0.2) is 7.05 Å². The fourth-order valence-electron chi connectivity index (χ4n) is 2.25. The van der Waals surface area contributed by atoms with Crippen LogP contribution >= 0.6 is 11.6 Å². The summed E-state index contributed by atoms with van der Waals surface area (Å²) in [4.78, 5) is 0. The van der Waals surface area contributed by atoms with Crippen molar-refractivity contribution in [2.45, 2.75) is 19.4 Å². The van der Waals surface area contributed by atoms with Gasteiger partial charge in [0.25, 0.3) is 0 Å². The maximum absolute atomic E-state index is 13.5. The second kappa shape index (κ2) is 6.18. The molecule has 2 rings (SSSR count). The van der Waals surface area contributed by atoms with E-state index in [1.807, 2.05) is 25.2 Å². The van der Waals surface area contributed by atoms with E-state index in [4.69, 9.17) is 11.6 Å². The molecule has 0 heterocycles. The highest BCUT2D eigenvalue weighted by molar-refractivity contribution is 6.30. The van der Waals surface area contributed by atoms with Gasteiger partial charge in [-0.25, -0.2) is 4.39 Å². The fraction of sp³-hybridized carbons (Fsp3) is 0.250. The van der Waals surface area contributed by atoms with Crippen molar-refractivity contribution < 1.29 is 4.39 Å². The normalized spacial score (nSPS) is 12.4. The summed E-state index contributed by atoms with van der Waals surface area (Å²) in [6, 6.07) is 13.4. The van der Waals surface area contributed by atoms with Crippen LogP contribution in [0.3, 0.4) is 0 Å². The topological polar surface area (TPSA) is 12.0 Å². The molecule has 3 heteroatoms. The minimum absolute atomic E-state index is 0.167. The van der Waals surface area contributed by atoms with Crippen molar-refractivity contribution in [1.29, 1.82) is 0 Å². The molecule has 0 fully saturated rings. The van der Waals surface area contributed by atoms with Crippen LogP contribution < -0.4 is 5.32 Å². The van der Waals surface area contributed by atoms with E-state index in [0.29, 0.717) is 0 Å². The van der Waals surface area contributed by atoms with Crippen LogP contribution in [0.5, 0.6) is 0 Å². The zero-order valence-electron chi connectivity index (χ0n) is 11.1. The Morgan fingerprint density at radius 3 is 2.58 bits per heavy atom. The average molecular weight is 278 g/mol. The Morgan fingerprint density at radius 1 is 1.21 bits per heavy atom. The van der Waals surface area contributed by atoms with Crippen molar-refractivity contribution in [3.05, 3.63) is 70.0 Å². The molecule has 1 atom stereocenters. The van der Waals surface area contributed by atoms with Crippen LogP contribution in [0.2, 0.25) is 5.02 Å². The molecule has 1 N–H and O–H groups in total. The van der Waals surface area contributed by atoms with Crippen molar-refractivity contribution in [2.75, 3.05) is 7.05 Å². The lowest BCUT2D eigenvalue weighted by atomic mass is 9.95. The van der Waals surface area contributed by atoms with Gasteiger partial charge >= 0.3 is 0 Å².